The first-order chi connectivity index (χ1) is 12.2. The van der Waals surface area contributed by atoms with Gasteiger partial charge in [-0.05, 0) is 24.3 Å². The van der Waals surface area contributed by atoms with Crippen LogP contribution in [0.15, 0.2) is 48.5 Å². The number of carbonyl (C=O) groups excluding carboxylic acids is 2. The molecule has 1 fully saturated rings. The zero-order chi connectivity index (χ0) is 17.6. The van der Waals surface area contributed by atoms with E-state index in [-0.39, 0.29) is 18.3 Å². The molecule has 3 rings (SSSR count). The average Bonchev–Trinajstić information content (AvgIpc) is 2.67. The van der Waals surface area contributed by atoms with Gasteiger partial charge >= 0.3 is 0 Å². The molecule has 0 spiro atoms. The van der Waals surface area contributed by atoms with Crippen LogP contribution >= 0.6 is 0 Å². The van der Waals surface area contributed by atoms with Gasteiger partial charge < -0.3 is 14.5 Å². The molecule has 2 aromatic carbocycles. The van der Waals surface area contributed by atoms with E-state index in [1.807, 2.05) is 4.90 Å². The van der Waals surface area contributed by atoms with E-state index in [1.54, 1.807) is 47.4 Å². The fraction of sp³-hybridized carbons (Fsp3) is 0.263. The number of halogens is 1. The third-order valence-corrected chi connectivity index (χ3v) is 4.22. The topological polar surface area (TPSA) is 49.9 Å². The van der Waals surface area contributed by atoms with E-state index in [0.29, 0.717) is 49.5 Å². The second-order valence-electron chi connectivity index (χ2n) is 5.76. The molecular weight excluding hydrogens is 323 g/mol. The second-order valence-corrected chi connectivity index (χ2v) is 5.76. The van der Waals surface area contributed by atoms with Gasteiger partial charge in [0.15, 0.2) is 12.9 Å². The molecule has 1 saturated heterocycles. The van der Waals surface area contributed by atoms with Crippen LogP contribution in [0, 0.1) is 5.82 Å². The van der Waals surface area contributed by atoms with E-state index in [1.165, 1.54) is 6.07 Å². The van der Waals surface area contributed by atoms with E-state index >= 15 is 0 Å². The average molecular weight is 342 g/mol. The lowest BCUT2D eigenvalue weighted by Gasteiger charge is -2.36. The highest BCUT2D eigenvalue weighted by Gasteiger charge is 2.23. The molecule has 0 aromatic heterocycles. The second kappa shape index (κ2) is 7.79. The van der Waals surface area contributed by atoms with Crippen LogP contribution in [0.2, 0.25) is 0 Å². The molecule has 0 aliphatic carbocycles. The Bertz CT molecular complexity index is 758. The molecule has 0 bridgehead atoms. The Morgan fingerprint density at radius 1 is 1.04 bits per heavy atom. The van der Waals surface area contributed by atoms with E-state index in [0.717, 1.165) is 0 Å². The van der Waals surface area contributed by atoms with Gasteiger partial charge in [-0.2, -0.15) is 0 Å². The van der Waals surface area contributed by atoms with Gasteiger partial charge in [0, 0.05) is 26.2 Å². The molecule has 1 aliphatic rings. The molecule has 1 aliphatic heterocycles. The first-order valence-electron chi connectivity index (χ1n) is 8.13. The molecule has 1 amide bonds. The Morgan fingerprint density at radius 2 is 1.72 bits per heavy atom. The van der Waals surface area contributed by atoms with Crippen LogP contribution in [-0.4, -0.2) is 49.9 Å². The van der Waals surface area contributed by atoms with Crippen molar-refractivity contribution in [1.29, 1.82) is 0 Å². The number of nitrogens with zero attached hydrogens (tertiary/aromatic N) is 2. The smallest absolute Gasteiger partial charge is 0.260 e. The molecule has 0 radical (unpaired) electrons. The molecule has 5 nitrogen and oxygen atoms in total. The largest absolute Gasteiger partial charge is 0.483 e. The molecule has 0 unspecified atom stereocenters. The summed E-state index contributed by atoms with van der Waals surface area (Å²) in [6, 6.07) is 13.4. The number of anilines is 1. The van der Waals surface area contributed by atoms with Gasteiger partial charge in [0.1, 0.15) is 11.6 Å². The number of ether oxygens (including phenoxy) is 1. The quantitative estimate of drug-likeness (QED) is 0.783. The molecular formula is C19H19FN2O3. The summed E-state index contributed by atoms with van der Waals surface area (Å²) >= 11 is 0. The highest BCUT2D eigenvalue weighted by atomic mass is 19.1. The first kappa shape index (κ1) is 17.0. The van der Waals surface area contributed by atoms with Crippen LogP contribution in [0.3, 0.4) is 0 Å². The summed E-state index contributed by atoms with van der Waals surface area (Å²) in [4.78, 5) is 26.9. The van der Waals surface area contributed by atoms with Gasteiger partial charge in [-0.25, -0.2) is 4.39 Å². The number of rotatable bonds is 5. The van der Waals surface area contributed by atoms with Crippen LogP contribution in [0.4, 0.5) is 10.1 Å². The van der Waals surface area contributed by atoms with Crippen molar-refractivity contribution in [1.82, 2.24) is 4.90 Å². The predicted molar refractivity (Wildman–Crippen MR) is 92.5 cm³/mol. The van der Waals surface area contributed by atoms with E-state index in [4.69, 9.17) is 4.74 Å². The Morgan fingerprint density at radius 3 is 2.44 bits per heavy atom. The maximum Gasteiger partial charge on any atom is 0.260 e. The van der Waals surface area contributed by atoms with Crippen LogP contribution in [0.1, 0.15) is 10.4 Å². The van der Waals surface area contributed by atoms with Crippen molar-refractivity contribution < 1.29 is 18.7 Å². The lowest BCUT2D eigenvalue weighted by molar-refractivity contribution is -0.133. The zero-order valence-corrected chi connectivity index (χ0v) is 13.7. The molecule has 0 atom stereocenters. The molecule has 130 valence electrons. The van der Waals surface area contributed by atoms with Crippen molar-refractivity contribution in [2.45, 2.75) is 0 Å². The minimum absolute atomic E-state index is 0.120. The lowest BCUT2D eigenvalue weighted by atomic mass is 10.2. The number of aldehydes is 1. The van der Waals surface area contributed by atoms with Gasteiger partial charge in [0.25, 0.3) is 5.91 Å². The SMILES string of the molecule is O=Cc1ccccc1OCC(=O)N1CCN(c2ccccc2F)CC1. The van der Waals surface area contributed by atoms with Crippen LogP contribution in [0.25, 0.3) is 0 Å². The summed E-state index contributed by atoms with van der Waals surface area (Å²) in [5.41, 5.74) is 0.977. The number of piperazine rings is 1. The standard InChI is InChI=1S/C19H19FN2O3/c20-16-6-2-3-7-17(16)21-9-11-22(12-10-21)19(24)14-25-18-8-4-1-5-15(18)13-23/h1-8,13H,9-12,14H2. The number of hydrogen-bond donors (Lipinski definition) is 0. The van der Waals surface area contributed by atoms with Gasteiger partial charge in [-0.1, -0.05) is 24.3 Å². The fourth-order valence-electron chi connectivity index (χ4n) is 2.85. The fourth-order valence-corrected chi connectivity index (χ4v) is 2.85. The van der Waals surface area contributed by atoms with Crippen LogP contribution < -0.4 is 9.64 Å². The third-order valence-electron chi connectivity index (χ3n) is 4.22. The zero-order valence-electron chi connectivity index (χ0n) is 13.7. The van der Waals surface area contributed by atoms with Gasteiger partial charge in [-0.15, -0.1) is 0 Å². The van der Waals surface area contributed by atoms with Crippen molar-refractivity contribution in [2.24, 2.45) is 0 Å². The van der Waals surface area contributed by atoms with Crippen molar-refractivity contribution in [3.8, 4) is 5.75 Å². The van der Waals surface area contributed by atoms with Gasteiger partial charge in [0.2, 0.25) is 0 Å². The molecule has 1 heterocycles. The van der Waals surface area contributed by atoms with Crippen molar-refractivity contribution in [3.05, 3.63) is 59.9 Å². The predicted octanol–water partition coefficient (Wildman–Crippen LogP) is 2.37. The minimum atomic E-state index is -0.254. The summed E-state index contributed by atoms with van der Waals surface area (Å²) in [6.45, 7) is 2.03. The molecule has 0 N–H and O–H groups in total. The molecule has 2 aromatic rings. The first-order valence-corrected chi connectivity index (χ1v) is 8.13. The maximum absolute atomic E-state index is 13.8. The summed E-state index contributed by atoms with van der Waals surface area (Å²) in [5, 5.41) is 0. The highest BCUT2D eigenvalue weighted by molar-refractivity contribution is 5.81. The van der Waals surface area contributed by atoms with E-state index < -0.39 is 0 Å². The number of para-hydroxylation sites is 2. The van der Waals surface area contributed by atoms with Gasteiger partial charge in [0.05, 0.1) is 11.3 Å². The minimum Gasteiger partial charge on any atom is -0.483 e. The van der Waals surface area contributed by atoms with Crippen molar-refractivity contribution in [2.75, 3.05) is 37.7 Å². The van der Waals surface area contributed by atoms with Crippen LogP contribution in [-0.2, 0) is 4.79 Å². The number of carbonyl (C=O) groups is 2. The lowest BCUT2D eigenvalue weighted by Crippen LogP contribution is -2.50. The summed E-state index contributed by atoms with van der Waals surface area (Å²) in [5.74, 6) is 0.000748. The molecule has 6 heteroatoms. The number of hydrogen-bond acceptors (Lipinski definition) is 4. The Labute approximate surface area is 145 Å². The Balaban J connectivity index is 1.53. The van der Waals surface area contributed by atoms with E-state index in [2.05, 4.69) is 0 Å². The highest BCUT2D eigenvalue weighted by Crippen LogP contribution is 2.20. The monoisotopic (exact) mass is 342 g/mol. The summed E-state index contributed by atoms with van der Waals surface area (Å²) < 4.78 is 19.3. The Kier molecular flexibility index (Phi) is 5.28. The third kappa shape index (κ3) is 3.96. The normalized spacial score (nSPS) is 14.3. The maximum atomic E-state index is 13.8. The Hall–Kier alpha value is -2.89. The summed E-state index contributed by atoms with van der Waals surface area (Å²) in [7, 11) is 0. The van der Waals surface area contributed by atoms with Crippen LogP contribution in [0.5, 0.6) is 5.75 Å². The summed E-state index contributed by atoms with van der Waals surface area (Å²) in [6.07, 6.45) is 0.701. The van der Waals surface area contributed by atoms with Crippen molar-refractivity contribution >= 4 is 17.9 Å². The molecule has 25 heavy (non-hydrogen) atoms. The number of amides is 1. The van der Waals surface area contributed by atoms with Crippen molar-refractivity contribution in [3.63, 3.8) is 0 Å². The molecule has 0 saturated carbocycles. The number of benzene rings is 2. The van der Waals surface area contributed by atoms with Gasteiger partial charge in [-0.3, -0.25) is 9.59 Å². The van der Waals surface area contributed by atoms with E-state index in [9.17, 15) is 14.0 Å².